The molecule has 0 heterocycles. The minimum absolute atomic E-state index is 0. The summed E-state index contributed by atoms with van der Waals surface area (Å²) in [7, 11) is 0. The summed E-state index contributed by atoms with van der Waals surface area (Å²) in [6.45, 7) is 0. The molecule has 0 amide bonds. The number of hydrogen-bond donors (Lipinski definition) is 0. The van der Waals surface area contributed by atoms with Gasteiger partial charge in [-0.15, -0.1) is 0 Å². The minimum Gasteiger partial charge on any atom is -1.00 e. The maximum absolute atomic E-state index is 2.00. The van der Waals surface area contributed by atoms with Crippen LogP contribution in [-0.2, 0) is 18.6 Å². The summed E-state index contributed by atoms with van der Waals surface area (Å²) >= 11 is 0. The van der Waals surface area contributed by atoms with Crippen molar-refractivity contribution in [2.45, 2.75) is 0 Å². The molecule has 2 rings (SSSR count). The first kappa shape index (κ1) is 23.8. The van der Waals surface area contributed by atoms with E-state index in [0.29, 0.717) is 0 Å². The van der Waals surface area contributed by atoms with Crippen molar-refractivity contribution in [2.75, 3.05) is 0 Å². The Morgan fingerprint density at radius 2 is 0.714 bits per heavy atom. The van der Waals surface area contributed by atoms with Gasteiger partial charge in [-0.25, -0.2) is 24.3 Å². The third kappa shape index (κ3) is 14.7. The molecule has 0 spiro atoms. The SMILES string of the molecule is [Cl-].[Cl-].[Cl-].[V].c1cc[cH-]c1.c1cc[cH-]c1. The average molecular weight is 287 g/mol. The van der Waals surface area contributed by atoms with Gasteiger partial charge in [0.2, 0.25) is 0 Å². The van der Waals surface area contributed by atoms with Crippen molar-refractivity contribution < 1.29 is 55.8 Å². The molecule has 0 aliphatic rings. The fourth-order valence-corrected chi connectivity index (χ4v) is 0.642. The predicted molar refractivity (Wildman–Crippen MR) is 44.1 cm³/mol. The van der Waals surface area contributed by atoms with Gasteiger partial charge in [-0.2, -0.15) is 36.4 Å². The Bertz CT molecular complexity index is 155. The second-order valence-electron chi connectivity index (χ2n) is 1.92. The Labute approximate surface area is 116 Å². The molecular weight excluding hydrogens is 277 g/mol. The van der Waals surface area contributed by atoms with Crippen LogP contribution in [0.15, 0.2) is 60.7 Å². The Hall–Kier alpha value is 0.154. The van der Waals surface area contributed by atoms with Crippen molar-refractivity contribution in [1.29, 1.82) is 0 Å². The van der Waals surface area contributed by atoms with Gasteiger partial charge in [-0.05, 0) is 0 Å². The maximum Gasteiger partial charge on any atom is 0 e. The van der Waals surface area contributed by atoms with Crippen molar-refractivity contribution in [3.8, 4) is 0 Å². The molecule has 0 N–H and O–H groups in total. The third-order valence-electron chi connectivity index (χ3n) is 1.11. The van der Waals surface area contributed by atoms with Gasteiger partial charge in [0.05, 0.1) is 0 Å². The zero-order valence-electron chi connectivity index (χ0n) is 7.35. The number of halogens is 3. The van der Waals surface area contributed by atoms with Crippen LogP contribution in [0.1, 0.15) is 0 Å². The molecule has 0 aliphatic carbocycles. The van der Waals surface area contributed by atoms with E-state index in [0.717, 1.165) is 0 Å². The molecule has 0 aromatic heterocycles. The number of rotatable bonds is 0. The largest absolute Gasteiger partial charge is 1.00 e. The monoisotopic (exact) mass is 286 g/mol. The summed E-state index contributed by atoms with van der Waals surface area (Å²) in [6, 6.07) is 20.0. The summed E-state index contributed by atoms with van der Waals surface area (Å²) < 4.78 is 0. The second-order valence-corrected chi connectivity index (χ2v) is 1.92. The Morgan fingerprint density at radius 1 is 0.500 bits per heavy atom. The van der Waals surface area contributed by atoms with Crippen LogP contribution in [0, 0.1) is 0 Å². The van der Waals surface area contributed by atoms with Gasteiger partial charge in [0.15, 0.2) is 0 Å². The van der Waals surface area contributed by atoms with Gasteiger partial charge in [0.25, 0.3) is 0 Å². The van der Waals surface area contributed by atoms with Gasteiger partial charge < -0.3 is 37.2 Å². The van der Waals surface area contributed by atoms with Gasteiger partial charge in [-0.3, -0.25) is 0 Å². The molecule has 0 aliphatic heterocycles. The van der Waals surface area contributed by atoms with E-state index in [4.69, 9.17) is 0 Å². The van der Waals surface area contributed by atoms with Crippen molar-refractivity contribution in [3.05, 3.63) is 60.7 Å². The second kappa shape index (κ2) is 18.8. The normalized spacial score (nSPS) is 5.71. The predicted octanol–water partition coefficient (Wildman–Crippen LogP) is -6.18. The molecule has 0 atom stereocenters. The first-order valence-corrected chi connectivity index (χ1v) is 3.33. The molecular formula is C10H10Cl3V-5. The smallest absolute Gasteiger partial charge is 0 e. The molecule has 0 fully saturated rings. The Kier molecular flexibility index (Phi) is 32.0. The molecule has 0 nitrogen and oxygen atoms in total. The molecule has 81 valence electrons. The standard InChI is InChI=1S/2C5H5.3ClH.V/c2*1-2-4-5-3-1;;;;/h2*1-5H;3*1H;/q2*-1;;;;/p-3. The summed E-state index contributed by atoms with van der Waals surface area (Å²) in [5.41, 5.74) is 0. The molecule has 1 radical (unpaired) electrons. The molecule has 2 aromatic rings. The summed E-state index contributed by atoms with van der Waals surface area (Å²) in [4.78, 5) is 0. The first-order chi connectivity index (χ1) is 5.00. The van der Waals surface area contributed by atoms with Crippen LogP contribution in [0.4, 0.5) is 0 Å². The van der Waals surface area contributed by atoms with Crippen molar-refractivity contribution in [3.63, 3.8) is 0 Å². The first-order valence-electron chi connectivity index (χ1n) is 3.33. The van der Waals surface area contributed by atoms with Gasteiger partial charge in [0, 0.05) is 18.6 Å². The maximum atomic E-state index is 2.00. The van der Waals surface area contributed by atoms with Crippen molar-refractivity contribution >= 4 is 0 Å². The molecule has 0 bridgehead atoms. The van der Waals surface area contributed by atoms with Crippen molar-refractivity contribution in [1.82, 2.24) is 0 Å². The van der Waals surface area contributed by atoms with Crippen molar-refractivity contribution in [2.24, 2.45) is 0 Å². The van der Waals surface area contributed by atoms with Gasteiger partial charge in [-0.1, -0.05) is 0 Å². The zero-order chi connectivity index (χ0) is 7.07. The van der Waals surface area contributed by atoms with E-state index < -0.39 is 0 Å². The fourth-order valence-electron chi connectivity index (χ4n) is 0.642. The molecule has 2 aromatic carbocycles. The minimum atomic E-state index is 0. The molecule has 0 saturated carbocycles. The summed E-state index contributed by atoms with van der Waals surface area (Å²) in [5, 5.41) is 0. The average Bonchev–Trinajstić information content (AvgIpc) is 2.67. The number of hydrogen-bond acceptors (Lipinski definition) is 0. The van der Waals surface area contributed by atoms with E-state index in [9.17, 15) is 0 Å². The van der Waals surface area contributed by atoms with Crippen LogP contribution in [-0.4, -0.2) is 0 Å². The van der Waals surface area contributed by atoms with E-state index in [1.165, 1.54) is 0 Å². The van der Waals surface area contributed by atoms with Crippen LogP contribution >= 0.6 is 0 Å². The van der Waals surface area contributed by atoms with Gasteiger partial charge in [0.1, 0.15) is 0 Å². The molecule has 14 heavy (non-hydrogen) atoms. The van der Waals surface area contributed by atoms with Crippen LogP contribution in [0.2, 0.25) is 0 Å². The molecule has 4 heteroatoms. The van der Waals surface area contributed by atoms with E-state index in [1.807, 2.05) is 60.7 Å². The van der Waals surface area contributed by atoms with E-state index >= 15 is 0 Å². The quantitative estimate of drug-likeness (QED) is 0.423. The summed E-state index contributed by atoms with van der Waals surface area (Å²) in [5.74, 6) is 0. The Balaban J connectivity index is -0.0000000556. The van der Waals surface area contributed by atoms with E-state index in [-0.39, 0.29) is 55.8 Å². The van der Waals surface area contributed by atoms with Crippen LogP contribution in [0.25, 0.3) is 0 Å². The van der Waals surface area contributed by atoms with Crippen LogP contribution in [0.5, 0.6) is 0 Å². The van der Waals surface area contributed by atoms with Crippen LogP contribution < -0.4 is 37.2 Å². The van der Waals surface area contributed by atoms with Crippen LogP contribution in [0.3, 0.4) is 0 Å². The fraction of sp³-hybridized carbons (Fsp3) is 0. The molecule has 0 unspecified atom stereocenters. The van der Waals surface area contributed by atoms with E-state index in [2.05, 4.69) is 0 Å². The topological polar surface area (TPSA) is 0 Å². The van der Waals surface area contributed by atoms with E-state index in [1.54, 1.807) is 0 Å². The Morgan fingerprint density at radius 3 is 0.786 bits per heavy atom. The summed E-state index contributed by atoms with van der Waals surface area (Å²) in [6.07, 6.45) is 0. The third-order valence-corrected chi connectivity index (χ3v) is 1.11. The zero-order valence-corrected chi connectivity index (χ0v) is 11.0. The molecule has 0 saturated heterocycles. The van der Waals surface area contributed by atoms with Gasteiger partial charge >= 0.3 is 0 Å².